The number of nitrogen functional groups attached to an aromatic ring is 1. The third kappa shape index (κ3) is 3.33. The molecule has 0 saturated heterocycles. The summed E-state index contributed by atoms with van der Waals surface area (Å²) in [5.41, 5.74) is 6.21. The van der Waals surface area contributed by atoms with E-state index in [0.29, 0.717) is 11.4 Å². The van der Waals surface area contributed by atoms with Crippen LogP contribution >= 0.6 is 0 Å². The molecule has 7 heteroatoms. The summed E-state index contributed by atoms with van der Waals surface area (Å²) < 4.78 is 4.48. The van der Waals surface area contributed by atoms with Crippen LogP contribution in [0.3, 0.4) is 0 Å². The second-order valence-electron chi connectivity index (χ2n) is 3.68. The van der Waals surface area contributed by atoms with Gasteiger partial charge in [-0.1, -0.05) is 0 Å². The molecule has 4 N–H and O–H groups in total. The molecule has 1 fully saturated rings. The van der Waals surface area contributed by atoms with Gasteiger partial charge in [0.05, 0.1) is 17.6 Å². The summed E-state index contributed by atoms with van der Waals surface area (Å²) in [5.74, 6) is 0. The van der Waals surface area contributed by atoms with Gasteiger partial charge in [-0.15, -0.1) is 0 Å². The number of carbonyl (C=O) groups is 2. The molecule has 0 spiro atoms. The topological polar surface area (TPSA) is 106 Å². The maximum absolute atomic E-state index is 11.3. The van der Waals surface area contributed by atoms with E-state index in [1.807, 2.05) is 0 Å². The quantitative estimate of drug-likeness (QED) is 0.666. The van der Waals surface area contributed by atoms with Crippen LogP contribution in [-0.2, 0) is 4.74 Å². The van der Waals surface area contributed by atoms with E-state index in [-0.39, 0.29) is 6.04 Å². The molecule has 1 saturated carbocycles. The molecule has 0 unspecified atom stereocenters. The molecule has 2 rings (SSSR count). The van der Waals surface area contributed by atoms with Crippen molar-refractivity contribution in [1.29, 1.82) is 0 Å². The van der Waals surface area contributed by atoms with Gasteiger partial charge in [-0.05, 0) is 18.9 Å². The lowest BCUT2D eigenvalue weighted by molar-refractivity contribution is 0.159. The molecular weight excluding hydrogens is 224 g/mol. The molecule has 17 heavy (non-hydrogen) atoms. The minimum absolute atomic E-state index is 0.140. The van der Waals surface area contributed by atoms with Crippen molar-refractivity contribution >= 4 is 23.6 Å². The number of anilines is 2. The van der Waals surface area contributed by atoms with Gasteiger partial charge in [0.15, 0.2) is 0 Å². The van der Waals surface area contributed by atoms with E-state index in [9.17, 15) is 9.59 Å². The third-order valence-corrected chi connectivity index (χ3v) is 2.17. The van der Waals surface area contributed by atoms with E-state index in [1.54, 1.807) is 0 Å². The van der Waals surface area contributed by atoms with Crippen molar-refractivity contribution in [2.45, 2.75) is 18.9 Å². The summed E-state index contributed by atoms with van der Waals surface area (Å²) in [5, 5.41) is 4.87. The average Bonchev–Trinajstić information content (AvgIpc) is 3.05. The number of pyridine rings is 1. The first-order valence-electron chi connectivity index (χ1n) is 5.14. The maximum Gasteiger partial charge on any atom is 0.420 e. The van der Waals surface area contributed by atoms with Crippen LogP contribution in [0.25, 0.3) is 0 Å². The minimum atomic E-state index is -0.874. The summed E-state index contributed by atoms with van der Waals surface area (Å²) in [6, 6.07) is 1.65. The number of nitrogens with two attached hydrogens (primary N) is 1. The molecule has 7 nitrogen and oxygen atoms in total. The maximum atomic E-state index is 11.3. The van der Waals surface area contributed by atoms with Crippen molar-refractivity contribution in [2.24, 2.45) is 0 Å². The highest BCUT2D eigenvalue weighted by Gasteiger charge is 2.25. The fraction of sp³-hybridized carbons (Fsp3) is 0.300. The fourth-order valence-corrected chi connectivity index (χ4v) is 1.16. The smallest absolute Gasteiger partial charge is 0.396 e. The molecule has 2 amide bonds. The Kier molecular flexibility index (Phi) is 3.08. The number of amides is 2. The van der Waals surface area contributed by atoms with Crippen LogP contribution in [0.5, 0.6) is 0 Å². The highest BCUT2D eigenvalue weighted by atomic mass is 16.6. The first kappa shape index (κ1) is 11.2. The van der Waals surface area contributed by atoms with Crippen LogP contribution in [0.1, 0.15) is 12.8 Å². The molecule has 0 bridgehead atoms. The van der Waals surface area contributed by atoms with Crippen molar-refractivity contribution in [3.8, 4) is 0 Å². The van der Waals surface area contributed by atoms with Gasteiger partial charge in [-0.25, -0.2) is 9.59 Å². The van der Waals surface area contributed by atoms with E-state index in [0.717, 1.165) is 12.8 Å². The number of alkyl carbamates (subject to hydrolysis) is 1. The van der Waals surface area contributed by atoms with Gasteiger partial charge in [-0.3, -0.25) is 10.3 Å². The monoisotopic (exact) mass is 236 g/mol. The van der Waals surface area contributed by atoms with Crippen molar-refractivity contribution in [2.75, 3.05) is 11.1 Å². The number of rotatable bonds is 2. The molecule has 1 aromatic rings. The number of ether oxygens (including phenoxy) is 1. The molecule has 1 aliphatic rings. The number of hydrogen-bond donors (Lipinski definition) is 3. The Hall–Kier alpha value is -2.31. The van der Waals surface area contributed by atoms with Gasteiger partial charge < -0.3 is 15.8 Å². The largest absolute Gasteiger partial charge is 0.420 e. The van der Waals surface area contributed by atoms with E-state index in [1.165, 1.54) is 18.5 Å². The highest BCUT2D eigenvalue weighted by molar-refractivity contribution is 5.94. The fourth-order valence-electron chi connectivity index (χ4n) is 1.16. The van der Waals surface area contributed by atoms with Gasteiger partial charge in [-0.2, -0.15) is 0 Å². The van der Waals surface area contributed by atoms with Crippen LogP contribution in [0.2, 0.25) is 0 Å². The normalized spacial score (nSPS) is 13.9. The Morgan fingerprint density at radius 2 is 2.18 bits per heavy atom. The van der Waals surface area contributed by atoms with Crippen molar-refractivity contribution < 1.29 is 14.3 Å². The first-order chi connectivity index (χ1) is 8.15. The van der Waals surface area contributed by atoms with E-state index in [2.05, 4.69) is 20.4 Å². The van der Waals surface area contributed by atoms with Crippen LogP contribution in [0.15, 0.2) is 18.5 Å². The van der Waals surface area contributed by atoms with Gasteiger partial charge >= 0.3 is 12.2 Å². The third-order valence-electron chi connectivity index (χ3n) is 2.17. The molecular formula is C10H12N4O3. The number of carbonyl (C=O) groups excluding carboxylic acids is 2. The van der Waals surface area contributed by atoms with Gasteiger partial charge in [0, 0.05) is 12.2 Å². The average molecular weight is 236 g/mol. The zero-order chi connectivity index (χ0) is 12.3. The van der Waals surface area contributed by atoms with Crippen molar-refractivity contribution in [3.63, 3.8) is 0 Å². The zero-order valence-corrected chi connectivity index (χ0v) is 8.97. The standard InChI is InChI=1S/C10H12N4O3/c11-7-5-12-4-3-8(7)14-10(16)17-9(15)13-6-1-2-6/h3-6H,1-2,11H2,(H,13,15)(H,12,14,16). The van der Waals surface area contributed by atoms with Crippen molar-refractivity contribution in [1.82, 2.24) is 10.3 Å². The Morgan fingerprint density at radius 1 is 1.41 bits per heavy atom. The molecule has 0 aromatic carbocycles. The minimum Gasteiger partial charge on any atom is -0.396 e. The molecule has 1 aliphatic carbocycles. The Morgan fingerprint density at radius 3 is 2.82 bits per heavy atom. The molecule has 0 aliphatic heterocycles. The summed E-state index contributed by atoms with van der Waals surface area (Å²) in [6.45, 7) is 0. The van der Waals surface area contributed by atoms with Crippen LogP contribution in [0, 0.1) is 0 Å². The molecule has 90 valence electrons. The Bertz CT molecular complexity index is 445. The highest BCUT2D eigenvalue weighted by Crippen LogP contribution is 2.19. The van der Waals surface area contributed by atoms with E-state index in [4.69, 9.17) is 5.73 Å². The lowest BCUT2D eigenvalue weighted by Crippen LogP contribution is -2.30. The number of aromatic nitrogens is 1. The van der Waals surface area contributed by atoms with Crippen LogP contribution in [0.4, 0.5) is 21.0 Å². The SMILES string of the molecule is Nc1cnccc1NC(=O)OC(=O)NC1CC1. The first-order valence-corrected chi connectivity index (χ1v) is 5.14. The van der Waals surface area contributed by atoms with Crippen molar-refractivity contribution in [3.05, 3.63) is 18.5 Å². The summed E-state index contributed by atoms with van der Waals surface area (Å²) in [4.78, 5) is 26.2. The molecule has 0 atom stereocenters. The predicted molar refractivity (Wildman–Crippen MR) is 60.3 cm³/mol. The summed E-state index contributed by atoms with van der Waals surface area (Å²) >= 11 is 0. The summed E-state index contributed by atoms with van der Waals surface area (Å²) in [7, 11) is 0. The second-order valence-corrected chi connectivity index (χ2v) is 3.68. The second kappa shape index (κ2) is 4.69. The zero-order valence-electron chi connectivity index (χ0n) is 8.97. The predicted octanol–water partition coefficient (Wildman–Crippen LogP) is 1.08. The summed E-state index contributed by atoms with van der Waals surface area (Å²) in [6.07, 6.45) is 3.08. The Balaban J connectivity index is 1.84. The van der Waals surface area contributed by atoms with Crippen LogP contribution in [-0.4, -0.2) is 23.2 Å². The lowest BCUT2D eigenvalue weighted by atomic mass is 10.3. The number of nitrogens with one attached hydrogen (secondary N) is 2. The molecule has 0 radical (unpaired) electrons. The molecule has 1 heterocycles. The number of nitrogens with zero attached hydrogens (tertiary/aromatic N) is 1. The van der Waals surface area contributed by atoms with Crippen LogP contribution < -0.4 is 16.4 Å². The van der Waals surface area contributed by atoms with E-state index >= 15 is 0 Å². The van der Waals surface area contributed by atoms with E-state index < -0.39 is 12.2 Å². The lowest BCUT2D eigenvalue weighted by Gasteiger charge is -2.07. The number of hydrogen-bond acceptors (Lipinski definition) is 5. The van der Waals surface area contributed by atoms with Gasteiger partial charge in [0.2, 0.25) is 0 Å². The van der Waals surface area contributed by atoms with Gasteiger partial charge in [0.25, 0.3) is 0 Å². The Labute approximate surface area is 97.3 Å². The van der Waals surface area contributed by atoms with Gasteiger partial charge in [0.1, 0.15) is 0 Å². The molecule has 1 aromatic heterocycles.